The number of hydrogen-bond donors (Lipinski definition) is 1. The van der Waals surface area contributed by atoms with E-state index >= 15 is 0 Å². The molecule has 2 heterocycles. The minimum atomic E-state index is -0.873. The van der Waals surface area contributed by atoms with Crippen molar-refractivity contribution in [1.82, 2.24) is 9.88 Å². The molecule has 0 saturated carbocycles. The van der Waals surface area contributed by atoms with Gasteiger partial charge in [0.2, 0.25) is 0 Å². The largest absolute Gasteiger partial charge is 0.481 e. The predicted octanol–water partition coefficient (Wildman–Crippen LogP) is 3.16. The van der Waals surface area contributed by atoms with E-state index in [2.05, 4.69) is 9.72 Å². The standard InChI is InChI=1S/C24H22ClFN2O6/c1-13(23(30)28-7-8-33-21(12-28)24(31)32-2)34-15-4-6-16-18(10-15)22(29)27-11-19(16)17-5-3-14(26)9-20(17)25/h3-6,9-11,13,21H,7-8,12H2,1-2H3,(H,27,29)/t13-,21-/m1/s1. The molecule has 1 saturated heterocycles. The van der Waals surface area contributed by atoms with Crippen LogP contribution in [0.5, 0.6) is 5.75 Å². The third-order valence-electron chi connectivity index (χ3n) is 5.60. The van der Waals surface area contributed by atoms with Gasteiger partial charge in [0.25, 0.3) is 11.5 Å². The number of esters is 1. The third-order valence-corrected chi connectivity index (χ3v) is 5.91. The van der Waals surface area contributed by atoms with Gasteiger partial charge in [0.05, 0.1) is 30.7 Å². The van der Waals surface area contributed by atoms with E-state index in [1.165, 1.54) is 36.4 Å². The minimum absolute atomic E-state index is 0.0678. The molecule has 1 aliphatic heterocycles. The average molecular weight is 489 g/mol. The van der Waals surface area contributed by atoms with E-state index in [-0.39, 0.29) is 29.6 Å². The van der Waals surface area contributed by atoms with Crippen LogP contribution in [-0.2, 0) is 19.1 Å². The van der Waals surface area contributed by atoms with Crippen molar-refractivity contribution in [3.05, 3.63) is 63.8 Å². The second-order valence-corrected chi connectivity index (χ2v) is 8.20. The summed E-state index contributed by atoms with van der Waals surface area (Å²) >= 11 is 6.22. The Balaban J connectivity index is 1.57. The second kappa shape index (κ2) is 9.82. The van der Waals surface area contributed by atoms with Gasteiger partial charge in [0.15, 0.2) is 12.2 Å². The molecule has 0 bridgehead atoms. The molecule has 0 radical (unpaired) electrons. The van der Waals surface area contributed by atoms with Crippen molar-refractivity contribution < 1.29 is 28.2 Å². The summed E-state index contributed by atoms with van der Waals surface area (Å²) in [6, 6.07) is 8.90. The van der Waals surface area contributed by atoms with Crippen molar-refractivity contribution in [2.24, 2.45) is 0 Å². The van der Waals surface area contributed by atoms with Gasteiger partial charge in [-0.2, -0.15) is 0 Å². The normalized spacial score (nSPS) is 16.8. The zero-order chi connectivity index (χ0) is 24.4. The van der Waals surface area contributed by atoms with Crippen molar-refractivity contribution >= 4 is 34.2 Å². The van der Waals surface area contributed by atoms with Crippen molar-refractivity contribution in [1.29, 1.82) is 0 Å². The summed E-state index contributed by atoms with van der Waals surface area (Å²) in [7, 11) is 1.26. The van der Waals surface area contributed by atoms with Gasteiger partial charge in [0.1, 0.15) is 11.6 Å². The zero-order valence-electron chi connectivity index (χ0n) is 18.5. The Labute approximate surface area is 199 Å². The van der Waals surface area contributed by atoms with Gasteiger partial charge in [-0.25, -0.2) is 9.18 Å². The molecule has 1 aromatic heterocycles. The summed E-state index contributed by atoms with van der Waals surface area (Å²) in [6.07, 6.45) is -0.194. The maximum atomic E-state index is 13.5. The molecule has 2 atom stereocenters. The minimum Gasteiger partial charge on any atom is -0.481 e. The molecule has 1 aliphatic rings. The number of amides is 1. The summed E-state index contributed by atoms with van der Waals surface area (Å²) in [5.74, 6) is -1.01. The Kier molecular flexibility index (Phi) is 6.85. The molecule has 2 aromatic carbocycles. The van der Waals surface area contributed by atoms with Crippen LogP contribution in [0.3, 0.4) is 0 Å². The number of carbonyl (C=O) groups excluding carboxylic acids is 2. The molecule has 1 amide bonds. The number of halogens is 2. The van der Waals surface area contributed by atoms with Crippen LogP contribution < -0.4 is 10.3 Å². The fourth-order valence-corrected chi connectivity index (χ4v) is 4.15. The number of pyridine rings is 1. The number of fused-ring (bicyclic) bond motifs is 1. The van der Waals surface area contributed by atoms with Crippen LogP contribution in [0.25, 0.3) is 21.9 Å². The van der Waals surface area contributed by atoms with Crippen LogP contribution in [-0.4, -0.2) is 60.8 Å². The van der Waals surface area contributed by atoms with E-state index in [1.807, 2.05) is 0 Å². The van der Waals surface area contributed by atoms with Crippen molar-refractivity contribution in [2.75, 3.05) is 26.8 Å². The molecule has 3 aromatic rings. The van der Waals surface area contributed by atoms with Crippen LogP contribution in [0.15, 0.2) is 47.4 Å². The Morgan fingerprint density at radius 1 is 1.21 bits per heavy atom. The fourth-order valence-electron chi connectivity index (χ4n) is 3.88. The Hall–Kier alpha value is -3.43. The SMILES string of the molecule is COC(=O)[C@H]1CN(C(=O)[C@@H](C)Oc2ccc3c(-c4ccc(F)cc4Cl)c[nH]c(=O)c3c2)CCO1. The smallest absolute Gasteiger partial charge is 0.336 e. The maximum Gasteiger partial charge on any atom is 0.336 e. The molecule has 0 unspecified atom stereocenters. The topological polar surface area (TPSA) is 97.9 Å². The number of nitrogens with zero attached hydrogens (tertiary/aromatic N) is 1. The first-order valence-corrected chi connectivity index (χ1v) is 10.9. The predicted molar refractivity (Wildman–Crippen MR) is 123 cm³/mol. The van der Waals surface area contributed by atoms with E-state index in [0.29, 0.717) is 34.2 Å². The lowest BCUT2D eigenvalue weighted by molar-refractivity contribution is -0.164. The highest BCUT2D eigenvalue weighted by Gasteiger charge is 2.32. The van der Waals surface area contributed by atoms with E-state index < -0.39 is 24.0 Å². The molecule has 1 N–H and O–H groups in total. The highest BCUT2D eigenvalue weighted by molar-refractivity contribution is 6.33. The molecule has 10 heteroatoms. The van der Waals surface area contributed by atoms with E-state index in [4.69, 9.17) is 21.1 Å². The first-order valence-electron chi connectivity index (χ1n) is 10.5. The Morgan fingerprint density at radius 3 is 2.74 bits per heavy atom. The number of aromatic nitrogens is 1. The Bertz CT molecular complexity index is 1310. The summed E-state index contributed by atoms with van der Waals surface area (Å²) in [5, 5.41) is 1.13. The number of morpholine rings is 1. The number of ether oxygens (including phenoxy) is 3. The first kappa shape index (κ1) is 23.7. The van der Waals surface area contributed by atoms with Crippen molar-refractivity contribution in [2.45, 2.75) is 19.1 Å². The monoisotopic (exact) mass is 488 g/mol. The number of hydrogen-bond acceptors (Lipinski definition) is 6. The van der Waals surface area contributed by atoms with Crippen LogP contribution >= 0.6 is 11.6 Å². The highest BCUT2D eigenvalue weighted by atomic mass is 35.5. The third kappa shape index (κ3) is 4.76. The summed E-state index contributed by atoms with van der Waals surface area (Å²) in [5.41, 5.74) is 0.835. The number of aromatic amines is 1. The molecule has 178 valence electrons. The number of carbonyl (C=O) groups is 2. The number of benzene rings is 2. The molecule has 1 fully saturated rings. The summed E-state index contributed by atoms with van der Waals surface area (Å²) in [6.45, 7) is 2.18. The van der Waals surface area contributed by atoms with Crippen LogP contribution in [0.2, 0.25) is 5.02 Å². The van der Waals surface area contributed by atoms with E-state index in [9.17, 15) is 18.8 Å². The van der Waals surface area contributed by atoms with E-state index in [0.717, 1.165) is 0 Å². The quantitative estimate of drug-likeness (QED) is 0.554. The number of methoxy groups -OCH3 is 1. The average Bonchev–Trinajstić information content (AvgIpc) is 2.84. The lowest BCUT2D eigenvalue weighted by Crippen LogP contribution is -2.52. The molecular weight excluding hydrogens is 467 g/mol. The van der Waals surface area contributed by atoms with Crippen LogP contribution in [0.4, 0.5) is 4.39 Å². The summed E-state index contributed by atoms with van der Waals surface area (Å²) < 4.78 is 29.3. The van der Waals surface area contributed by atoms with Gasteiger partial charge in [-0.1, -0.05) is 11.6 Å². The summed E-state index contributed by atoms with van der Waals surface area (Å²) in [4.78, 5) is 41.3. The maximum absolute atomic E-state index is 13.5. The van der Waals surface area contributed by atoms with Crippen molar-refractivity contribution in [3.8, 4) is 16.9 Å². The van der Waals surface area contributed by atoms with Crippen LogP contribution in [0, 0.1) is 5.82 Å². The first-order chi connectivity index (χ1) is 16.3. The second-order valence-electron chi connectivity index (χ2n) is 7.79. The molecule has 0 aliphatic carbocycles. The molecule has 8 nitrogen and oxygen atoms in total. The van der Waals surface area contributed by atoms with Gasteiger partial charge in [-0.3, -0.25) is 9.59 Å². The van der Waals surface area contributed by atoms with Gasteiger partial charge < -0.3 is 24.1 Å². The fraction of sp³-hybridized carbons (Fsp3) is 0.292. The molecule has 0 spiro atoms. The molecule has 34 heavy (non-hydrogen) atoms. The van der Waals surface area contributed by atoms with Gasteiger partial charge >= 0.3 is 5.97 Å². The van der Waals surface area contributed by atoms with Gasteiger partial charge in [-0.15, -0.1) is 0 Å². The Morgan fingerprint density at radius 2 is 2.00 bits per heavy atom. The van der Waals surface area contributed by atoms with Gasteiger partial charge in [0, 0.05) is 23.9 Å². The highest BCUT2D eigenvalue weighted by Crippen LogP contribution is 2.33. The van der Waals surface area contributed by atoms with Gasteiger partial charge in [-0.05, 0) is 48.7 Å². The number of H-pyrrole nitrogens is 1. The van der Waals surface area contributed by atoms with E-state index in [1.54, 1.807) is 25.1 Å². The lowest BCUT2D eigenvalue weighted by Gasteiger charge is -2.33. The number of rotatable bonds is 5. The molecular formula is C24H22ClFN2O6. The zero-order valence-corrected chi connectivity index (χ0v) is 19.2. The molecule has 4 rings (SSSR count). The number of nitrogens with one attached hydrogen (secondary N) is 1. The van der Waals surface area contributed by atoms with Crippen LogP contribution in [0.1, 0.15) is 6.92 Å². The van der Waals surface area contributed by atoms with Crippen molar-refractivity contribution in [3.63, 3.8) is 0 Å². The lowest BCUT2D eigenvalue weighted by atomic mass is 10.0.